The molecule has 1 N–H and O–H groups in total. The third-order valence-electron chi connectivity index (χ3n) is 2.70. The van der Waals surface area contributed by atoms with Crippen LogP contribution >= 0.6 is 11.3 Å². The molecular formula is C14H12F2N2O4S. The van der Waals surface area contributed by atoms with Gasteiger partial charge in [-0.2, -0.15) is 0 Å². The number of thiazole rings is 1. The maximum Gasteiger partial charge on any atom is 0.349 e. The van der Waals surface area contributed by atoms with E-state index in [4.69, 9.17) is 4.74 Å². The van der Waals surface area contributed by atoms with Crippen LogP contribution in [0.3, 0.4) is 0 Å². The molecule has 122 valence electrons. The van der Waals surface area contributed by atoms with Gasteiger partial charge >= 0.3 is 5.97 Å². The average molecular weight is 342 g/mol. The Balaban J connectivity index is 1.98. The number of benzene rings is 1. The maximum absolute atomic E-state index is 13.1. The Hall–Kier alpha value is -2.55. The Bertz CT molecular complexity index is 735. The number of nitrogens with one attached hydrogen (secondary N) is 1. The number of carbonyl (C=O) groups is 2. The average Bonchev–Trinajstić information content (AvgIpc) is 2.98. The van der Waals surface area contributed by atoms with Crippen LogP contribution in [-0.4, -0.2) is 30.1 Å². The summed E-state index contributed by atoms with van der Waals surface area (Å²) >= 11 is 0.939. The minimum atomic E-state index is -1.07. The lowest BCUT2D eigenvalue weighted by Crippen LogP contribution is -2.30. The Morgan fingerprint density at radius 3 is 2.70 bits per heavy atom. The zero-order chi connectivity index (χ0) is 17.0. The van der Waals surface area contributed by atoms with Crippen molar-refractivity contribution in [2.75, 3.05) is 12.4 Å². The van der Waals surface area contributed by atoms with E-state index in [9.17, 15) is 18.4 Å². The molecule has 2 aromatic rings. The summed E-state index contributed by atoms with van der Waals surface area (Å²) < 4.78 is 35.7. The fourth-order valence-corrected chi connectivity index (χ4v) is 2.28. The molecule has 1 heterocycles. The molecule has 1 aromatic heterocycles. The highest BCUT2D eigenvalue weighted by molar-refractivity contribution is 7.17. The van der Waals surface area contributed by atoms with Crippen LogP contribution < -0.4 is 10.1 Å². The summed E-state index contributed by atoms with van der Waals surface area (Å²) in [5.74, 6) is -3.18. The van der Waals surface area contributed by atoms with Crippen molar-refractivity contribution in [3.8, 4) is 5.75 Å². The van der Waals surface area contributed by atoms with Gasteiger partial charge in [0, 0.05) is 6.07 Å². The molecular weight excluding hydrogens is 330 g/mol. The van der Waals surface area contributed by atoms with E-state index in [2.05, 4.69) is 15.0 Å². The quantitative estimate of drug-likeness (QED) is 0.845. The van der Waals surface area contributed by atoms with Gasteiger partial charge < -0.3 is 9.47 Å². The molecule has 9 heteroatoms. The van der Waals surface area contributed by atoms with Crippen LogP contribution in [0.15, 0.2) is 24.4 Å². The van der Waals surface area contributed by atoms with Gasteiger partial charge in [-0.25, -0.2) is 18.6 Å². The van der Waals surface area contributed by atoms with Crippen LogP contribution in [0.1, 0.15) is 16.6 Å². The molecule has 1 aromatic carbocycles. The molecule has 1 unspecified atom stereocenters. The van der Waals surface area contributed by atoms with E-state index >= 15 is 0 Å². The highest BCUT2D eigenvalue weighted by atomic mass is 32.1. The van der Waals surface area contributed by atoms with E-state index in [0.29, 0.717) is 0 Å². The van der Waals surface area contributed by atoms with Gasteiger partial charge in [0.1, 0.15) is 10.6 Å². The number of esters is 1. The molecule has 0 bridgehead atoms. The Morgan fingerprint density at radius 2 is 2.04 bits per heavy atom. The number of methoxy groups -OCH3 is 1. The van der Waals surface area contributed by atoms with E-state index < -0.39 is 29.6 Å². The number of amides is 1. The molecule has 6 nitrogen and oxygen atoms in total. The lowest BCUT2D eigenvalue weighted by molar-refractivity contribution is -0.122. The molecule has 0 aliphatic rings. The van der Waals surface area contributed by atoms with E-state index in [0.717, 1.165) is 23.5 Å². The summed E-state index contributed by atoms with van der Waals surface area (Å²) in [5, 5.41) is 2.65. The third-order valence-corrected chi connectivity index (χ3v) is 3.59. The summed E-state index contributed by atoms with van der Waals surface area (Å²) in [7, 11) is 1.23. The van der Waals surface area contributed by atoms with Crippen molar-refractivity contribution in [3.05, 3.63) is 40.9 Å². The molecule has 0 spiro atoms. The van der Waals surface area contributed by atoms with Gasteiger partial charge in [-0.15, -0.1) is 0 Å². The first-order chi connectivity index (χ1) is 10.9. The van der Waals surface area contributed by atoms with Crippen LogP contribution in [0.4, 0.5) is 13.9 Å². The van der Waals surface area contributed by atoms with Crippen LogP contribution in [0, 0.1) is 11.6 Å². The molecule has 0 aliphatic heterocycles. The summed E-state index contributed by atoms with van der Waals surface area (Å²) in [4.78, 5) is 27.3. The predicted octanol–water partition coefficient (Wildman–Crippen LogP) is 2.61. The number of halogens is 2. The zero-order valence-corrected chi connectivity index (χ0v) is 12.9. The van der Waals surface area contributed by atoms with Gasteiger partial charge in [0.05, 0.1) is 13.3 Å². The van der Waals surface area contributed by atoms with Crippen molar-refractivity contribution in [1.29, 1.82) is 0 Å². The van der Waals surface area contributed by atoms with Crippen molar-refractivity contribution < 1.29 is 27.8 Å². The number of anilines is 1. The van der Waals surface area contributed by atoms with Crippen LogP contribution in [0.25, 0.3) is 0 Å². The molecule has 0 fully saturated rings. The highest BCUT2D eigenvalue weighted by Gasteiger charge is 2.18. The normalized spacial score (nSPS) is 11.7. The van der Waals surface area contributed by atoms with Gasteiger partial charge in [0.25, 0.3) is 5.91 Å². The molecule has 1 amide bonds. The summed E-state index contributed by atoms with van der Waals surface area (Å²) in [6.45, 7) is 1.44. The SMILES string of the molecule is COC(=O)c1cnc(NC(=O)C(C)Oc2ccc(F)c(F)c2)s1. The Kier molecular flexibility index (Phi) is 5.22. The first-order valence-corrected chi connectivity index (χ1v) is 7.19. The van der Waals surface area contributed by atoms with Gasteiger partial charge in [-0.05, 0) is 19.1 Å². The standard InChI is InChI=1S/C14H12F2N2O4S/c1-7(22-8-3-4-9(15)10(16)5-8)12(19)18-14-17-6-11(23-14)13(20)21-2/h3-7H,1-2H3,(H,17,18,19). The van der Waals surface area contributed by atoms with Gasteiger partial charge in [-0.3, -0.25) is 10.1 Å². The van der Waals surface area contributed by atoms with Crippen molar-refractivity contribution in [2.24, 2.45) is 0 Å². The summed E-state index contributed by atoms with van der Waals surface area (Å²) in [6, 6.07) is 2.96. The predicted molar refractivity (Wildman–Crippen MR) is 78.5 cm³/mol. The first-order valence-electron chi connectivity index (χ1n) is 6.37. The number of rotatable bonds is 5. The Labute approximate surface area is 134 Å². The number of nitrogens with zero attached hydrogens (tertiary/aromatic N) is 1. The number of aromatic nitrogens is 1. The van der Waals surface area contributed by atoms with Crippen molar-refractivity contribution in [2.45, 2.75) is 13.0 Å². The molecule has 0 radical (unpaired) electrons. The summed E-state index contributed by atoms with van der Waals surface area (Å²) in [5.41, 5.74) is 0. The lowest BCUT2D eigenvalue weighted by Gasteiger charge is -2.13. The molecule has 0 saturated heterocycles. The minimum absolute atomic E-state index is 0.0148. The fraction of sp³-hybridized carbons (Fsp3) is 0.214. The van der Waals surface area contributed by atoms with Gasteiger partial charge in [0.15, 0.2) is 22.9 Å². The Morgan fingerprint density at radius 1 is 1.30 bits per heavy atom. The molecule has 0 aliphatic carbocycles. The van der Waals surface area contributed by atoms with E-state index in [1.807, 2.05) is 0 Å². The van der Waals surface area contributed by atoms with E-state index in [1.54, 1.807) is 0 Å². The van der Waals surface area contributed by atoms with Gasteiger partial charge in [-0.1, -0.05) is 11.3 Å². The van der Waals surface area contributed by atoms with Crippen LogP contribution in [0.2, 0.25) is 0 Å². The molecule has 23 heavy (non-hydrogen) atoms. The number of ether oxygens (including phenoxy) is 2. The second-order valence-electron chi connectivity index (χ2n) is 4.35. The number of hydrogen-bond donors (Lipinski definition) is 1. The van der Waals surface area contributed by atoms with Crippen LogP contribution in [-0.2, 0) is 9.53 Å². The van der Waals surface area contributed by atoms with Crippen LogP contribution in [0.5, 0.6) is 5.75 Å². The van der Waals surface area contributed by atoms with E-state index in [-0.39, 0.29) is 15.8 Å². The first kappa shape index (κ1) is 16.8. The zero-order valence-electron chi connectivity index (χ0n) is 12.1. The fourth-order valence-electron chi connectivity index (χ4n) is 1.54. The third kappa shape index (κ3) is 4.22. The second-order valence-corrected chi connectivity index (χ2v) is 5.38. The van der Waals surface area contributed by atoms with Crippen molar-refractivity contribution in [1.82, 2.24) is 4.98 Å². The monoisotopic (exact) mass is 342 g/mol. The highest BCUT2D eigenvalue weighted by Crippen LogP contribution is 2.20. The topological polar surface area (TPSA) is 77.5 Å². The smallest absolute Gasteiger partial charge is 0.349 e. The number of carbonyl (C=O) groups excluding carboxylic acids is 2. The van der Waals surface area contributed by atoms with Gasteiger partial charge in [0.2, 0.25) is 0 Å². The molecule has 2 rings (SSSR count). The summed E-state index contributed by atoms with van der Waals surface area (Å²) in [6.07, 6.45) is 0.290. The van der Waals surface area contributed by atoms with Crippen molar-refractivity contribution in [3.63, 3.8) is 0 Å². The van der Waals surface area contributed by atoms with E-state index in [1.165, 1.54) is 26.3 Å². The maximum atomic E-state index is 13.1. The second kappa shape index (κ2) is 7.14. The largest absolute Gasteiger partial charge is 0.481 e. The molecule has 1 atom stereocenters. The van der Waals surface area contributed by atoms with Crippen molar-refractivity contribution >= 4 is 28.3 Å². The lowest BCUT2D eigenvalue weighted by atomic mass is 10.3. The minimum Gasteiger partial charge on any atom is -0.481 e. The number of hydrogen-bond acceptors (Lipinski definition) is 6. The molecule has 0 saturated carbocycles.